The summed E-state index contributed by atoms with van der Waals surface area (Å²) in [5.74, 6) is -0.0871. The summed E-state index contributed by atoms with van der Waals surface area (Å²) in [5.41, 5.74) is 0. The van der Waals surface area contributed by atoms with E-state index >= 15 is 0 Å². The Hall–Kier alpha value is -1.21. The maximum Gasteiger partial charge on any atom is 0.573 e. The lowest BCUT2D eigenvalue weighted by Crippen LogP contribution is -2.28. The molecule has 1 saturated heterocycles. The van der Waals surface area contributed by atoms with Crippen LogP contribution >= 0.6 is 11.9 Å². The normalized spacial score (nSPS) is 17.9. The Bertz CT molecular complexity index is 442. The lowest BCUT2D eigenvalue weighted by atomic mass is 10.0. The van der Waals surface area contributed by atoms with Crippen molar-refractivity contribution in [2.45, 2.75) is 24.1 Å². The molecule has 7 heteroatoms. The first kappa shape index (κ1) is 15.2. The third-order valence-electron chi connectivity index (χ3n) is 2.98. The molecule has 0 aromatic heterocycles. The van der Waals surface area contributed by atoms with E-state index in [2.05, 4.69) is 9.04 Å². The van der Waals surface area contributed by atoms with Crippen molar-refractivity contribution in [3.05, 3.63) is 24.3 Å². The number of halogens is 3. The van der Waals surface area contributed by atoms with Crippen LogP contribution in [0.3, 0.4) is 0 Å². The highest BCUT2D eigenvalue weighted by Gasteiger charge is 2.31. The summed E-state index contributed by atoms with van der Waals surface area (Å²) in [5, 5.41) is 0. The second-order valence-corrected chi connectivity index (χ2v) is 5.68. The molecule has 1 aliphatic heterocycles. The highest BCUT2D eigenvalue weighted by Crippen LogP contribution is 2.30. The first-order valence-corrected chi connectivity index (χ1v) is 6.97. The molecular formula is C13H14F3NO2S. The molecule has 0 atom stereocenters. The van der Waals surface area contributed by atoms with Gasteiger partial charge in [0.1, 0.15) is 12.0 Å². The Morgan fingerprint density at radius 2 is 1.80 bits per heavy atom. The number of nitrogens with zero attached hydrogens (tertiary/aromatic N) is 1. The van der Waals surface area contributed by atoms with Gasteiger partial charge in [-0.25, -0.2) is 4.31 Å². The Balaban J connectivity index is 1.86. The molecular weight excluding hydrogens is 291 g/mol. The minimum Gasteiger partial charge on any atom is -0.406 e. The van der Waals surface area contributed by atoms with Crippen LogP contribution in [-0.4, -0.2) is 30.0 Å². The zero-order valence-electron chi connectivity index (χ0n) is 10.6. The number of ether oxygens (including phenoxy) is 1. The van der Waals surface area contributed by atoms with Crippen LogP contribution in [0.1, 0.15) is 12.8 Å². The molecule has 0 unspecified atom stereocenters. The van der Waals surface area contributed by atoms with E-state index in [1.807, 2.05) is 0 Å². The van der Waals surface area contributed by atoms with Crippen LogP contribution in [0.5, 0.6) is 5.75 Å². The molecule has 0 spiro atoms. The van der Waals surface area contributed by atoms with Crippen LogP contribution in [0.25, 0.3) is 0 Å². The molecule has 3 nitrogen and oxygen atoms in total. The number of alkyl halides is 3. The summed E-state index contributed by atoms with van der Waals surface area (Å²) in [6, 6.07) is 5.79. The molecule has 1 aromatic rings. The SMILES string of the molecule is O=CC1CCN(Sc2ccc(OC(F)(F)F)cc2)CC1. The highest BCUT2D eigenvalue weighted by atomic mass is 32.2. The summed E-state index contributed by atoms with van der Waals surface area (Å²) in [6.45, 7) is 1.60. The molecule has 2 rings (SSSR count). The summed E-state index contributed by atoms with van der Waals surface area (Å²) < 4.78 is 42.0. The lowest BCUT2D eigenvalue weighted by molar-refractivity contribution is -0.274. The number of benzene rings is 1. The number of rotatable bonds is 4. The number of hydrogen-bond acceptors (Lipinski definition) is 4. The summed E-state index contributed by atoms with van der Waals surface area (Å²) >= 11 is 1.48. The van der Waals surface area contributed by atoms with Gasteiger partial charge in [-0.05, 0) is 49.1 Å². The van der Waals surface area contributed by atoms with Gasteiger partial charge in [0, 0.05) is 23.9 Å². The van der Waals surface area contributed by atoms with E-state index in [1.165, 1.54) is 24.1 Å². The number of carbonyl (C=O) groups is 1. The largest absolute Gasteiger partial charge is 0.573 e. The first-order valence-electron chi connectivity index (χ1n) is 6.20. The van der Waals surface area contributed by atoms with Crippen molar-refractivity contribution in [2.75, 3.05) is 13.1 Å². The minimum atomic E-state index is -4.66. The van der Waals surface area contributed by atoms with Crippen molar-refractivity contribution < 1.29 is 22.7 Å². The van der Waals surface area contributed by atoms with Crippen LogP contribution in [0.2, 0.25) is 0 Å². The minimum absolute atomic E-state index is 0.134. The smallest absolute Gasteiger partial charge is 0.406 e. The number of hydrogen-bond donors (Lipinski definition) is 0. The van der Waals surface area contributed by atoms with Crippen LogP contribution in [0, 0.1) is 5.92 Å². The topological polar surface area (TPSA) is 29.5 Å². The molecule has 1 heterocycles. The van der Waals surface area contributed by atoms with Crippen LogP contribution in [0.15, 0.2) is 29.2 Å². The van der Waals surface area contributed by atoms with Crippen molar-refractivity contribution in [3.63, 3.8) is 0 Å². The van der Waals surface area contributed by atoms with E-state index in [4.69, 9.17) is 0 Å². The fourth-order valence-electron chi connectivity index (χ4n) is 1.95. The van der Waals surface area contributed by atoms with Crippen molar-refractivity contribution >= 4 is 18.2 Å². The molecule has 1 fully saturated rings. The zero-order chi connectivity index (χ0) is 14.6. The van der Waals surface area contributed by atoms with Crippen molar-refractivity contribution in [2.24, 2.45) is 5.92 Å². The van der Waals surface area contributed by atoms with Crippen molar-refractivity contribution in [1.29, 1.82) is 0 Å². The molecule has 0 aliphatic carbocycles. The zero-order valence-corrected chi connectivity index (χ0v) is 11.4. The third-order valence-corrected chi connectivity index (χ3v) is 4.09. The summed E-state index contributed by atoms with van der Waals surface area (Å²) in [7, 11) is 0. The van der Waals surface area contributed by atoms with E-state index in [0.717, 1.165) is 37.1 Å². The standard InChI is InChI=1S/C13H14F3NO2S/c14-13(15,16)19-11-1-3-12(4-2-11)20-17-7-5-10(9-18)6-8-17/h1-4,9-10H,5-8H2. The van der Waals surface area contributed by atoms with Crippen molar-refractivity contribution in [1.82, 2.24) is 4.31 Å². The maximum atomic E-state index is 12.0. The summed E-state index contributed by atoms with van der Waals surface area (Å²) in [6.07, 6.45) is -2.02. The lowest BCUT2D eigenvalue weighted by Gasteiger charge is -2.28. The quantitative estimate of drug-likeness (QED) is 0.629. The van der Waals surface area contributed by atoms with Gasteiger partial charge in [-0.15, -0.1) is 13.2 Å². The Morgan fingerprint density at radius 1 is 1.20 bits per heavy atom. The van der Waals surface area contributed by atoms with Gasteiger partial charge in [0.15, 0.2) is 0 Å². The van der Waals surface area contributed by atoms with Gasteiger partial charge in [-0.3, -0.25) is 0 Å². The summed E-state index contributed by atoms with van der Waals surface area (Å²) in [4.78, 5) is 11.5. The fourth-order valence-corrected chi connectivity index (χ4v) is 2.90. The van der Waals surface area contributed by atoms with Gasteiger partial charge in [-0.1, -0.05) is 0 Å². The van der Waals surface area contributed by atoms with E-state index < -0.39 is 6.36 Å². The molecule has 110 valence electrons. The van der Waals surface area contributed by atoms with Gasteiger partial charge in [-0.2, -0.15) is 0 Å². The molecule has 0 radical (unpaired) electrons. The molecule has 0 N–H and O–H groups in total. The second kappa shape index (κ2) is 6.49. The molecule has 0 saturated carbocycles. The van der Waals surface area contributed by atoms with E-state index in [-0.39, 0.29) is 11.7 Å². The maximum absolute atomic E-state index is 12.0. The van der Waals surface area contributed by atoms with Gasteiger partial charge in [0.2, 0.25) is 0 Å². The molecule has 0 bridgehead atoms. The predicted molar refractivity (Wildman–Crippen MR) is 69.3 cm³/mol. The first-order chi connectivity index (χ1) is 9.46. The molecule has 0 amide bonds. The average Bonchev–Trinajstić information content (AvgIpc) is 2.40. The van der Waals surface area contributed by atoms with E-state index in [1.54, 1.807) is 12.1 Å². The molecule has 20 heavy (non-hydrogen) atoms. The Morgan fingerprint density at radius 3 is 2.30 bits per heavy atom. The number of aldehydes is 1. The van der Waals surface area contributed by atoms with E-state index in [9.17, 15) is 18.0 Å². The average molecular weight is 305 g/mol. The monoisotopic (exact) mass is 305 g/mol. The van der Waals surface area contributed by atoms with Gasteiger partial charge < -0.3 is 9.53 Å². The Kier molecular flexibility index (Phi) is 4.93. The van der Waals surface area contributed by atoms with Crippen LogP contribution in [-0.2, 0) is 4.79 Å². The van der Waals surface area contributed by atoms with Crippen LogP contribution in [0.4, 0.5) is 13.2 Å². The van der Waals surface area contributed by atoms with Gasteiger partial charge in [0.05, 0.1) is 0 Å². The van der Waals surface area contributed by atoms with Gasteiger partial charge in [0.25, 0.3) is 0 Å². The fraction of sp³-hybridized carbons (Fsp3) is 0.462. The third kappa shape index (κ3) is 4.72. The van der Waals surface area contributed by atoms with Crippen molar-refractivity contribution in [3.8, 4) is 5.75 Å². The number of carbonyl (C=O) groups excluding carboxylic acids is 1. The van der Waals surface area contributed by atoms with E-state index in [0.29, 0.717) is 0 Å². The molecule has 1 aromatic carbocycles. The second-order valence-electron chi connectivity index (χ2n) is 4.51. The number of piperidine rings is 1. The Labute approximate surface area is 119 Å². The van der Waals surface area contributed by atoms with Gasteiger partial charge >= 0.3 is 6.36 Å². The molecule has 1 aliphatic rings. The predicted octanol–water partition coefficient (Wildman–Crippen LogP) is 3.50. The highest BCUT2D eigenvalue weighted by molar-refractivity contribution is 7.97. The van der Waals surface area contributed by atoms with Crippen LogP contribution < -0.4 is 4.74 Å².